The van der Waals surface area contributed by atoms with Crippen LogP contribution in [0.1, 0.15) is 33.5 Å². The molecule has 0 atom stereocenters. The number of hydrogen-bond donors (Lipinski definition) is 1. The van der Waals surface area contributed by atoms with Gasteiger partial charge in [-0.05, 0) is 65.1 Å². The Morgan fingerprint density at radius 2 is 1.81 bits per heavy atom. The van der Waals surface area contributed by atoms with Crippen LogP contribution in [0.5, 0.6) is 23.0 Å². The Morgan fingerprint density at radius 1 is 1.00 bits per heavy atom. The van der Waals surface area contributed by atoms with E-state index >= 15 is 0 Å². The summed E-state index contributed by atoms with van der Waals surface area (Å²) < 4.78 is 24.0. The Hall–Kier alpha value is -5.37. The number of aliphatic carboxylic acids is 1. The maximum Gasteiger partial charge on any atom is 0.350 e. The van der Waals surface area contributed by atoms with Gasteiger partial charge in [-0.1, -0.05) is 48.0 Å². The molecule has 0 saturated heterocycles. The summed E-state index contributed by atoms with van der Waals surface area (Å²) >= 11 is 8.12. The molecule has 9 nitrogen and oxygen atoms in total. The molecule has 1 aliphatic heterocycles. The second-order valence-electron chi connectivity index (χ2n) is 11.0. The van der Waals surface area contributed by atoms with Gasteiger partial charge in [0.25, 0.3) is 0 Å². The van der Waals surface area contributed by atoms with Crippen molar-refractivity contribution in [2.24, 2.45) is 4.99 Å². The Kier molecular flexibility index (Phi) is 10.2. The highest BCUT2D eigenvalue weighted by molar-refractivity contribution is 7.07. The van der Waals surface area contributed by atoms with Crippen molar-refractivity contribution in [3.8, 4) is 40.2 Å². The first kappa shape index (κ1) is 32.6. The van der Waals surface area contributed by atoms with Gasteiger partial charge >= 0.3 is 5.97 Å². The zero-order chi connectivity index (χ0) is 33.5. The van der Waals surface area contributed by atoms with Crippen LogP contribution < -0.4 is 18.9 Å². The van der Waals surface area contributed by atoms with Crippen molar-refractivity contribution in [2.45, 2.75) is 33.1 Å². The van der Waals surface area contributed by atoms with Crippen LogP contribution in [0, 0.1) is 18.3 Å². The molecular formula is C37H30ClN3O6S. The number of nitrogens with zero attached hydrogens (tertiary/aromatic N) is 3. The SMILES string of the molecule is Cc1c(COc2cc(OCc3cccc(C#N)c3)c(CN=C(Cc3cscn3)C(=O)O)cc2Cl)cccc1-c1ccc2c(c1)OCCO2. The largest absolute Gasteiger partial charge is 0.488 e. The van der Waals surface area contributed by atoms with Gasteiger partial charge in [0.05, 0.1) is 34.4 Å². The Labute approximate surface area is 286 Å². The summed E-state index contributed by atoms with van der Waals surface area (Å²) in [6, 6.07) is 24.6. The van der Waals surface area contributed by atoms with Crippen molar-refractivity contribution in [1.29, 1.82) is 5.26 Å². The molecule has 242 valence electrons. The minimum atomic E-state index is -1.13. The van der Waals surface area contributed by atoms with Gasteiger partial charge < -0.3 is 24.1 Å². The van der Waals surface area contributed by atoms with Crippen molar-refractivity contribution in [1.82, 2.24) is 4.98 Å². The number of benzene rings is 4. The topological polar surface area (TPSA) is 123 Å². The summed E-state index contributed by atoms with van der Waals surface area (Å²) in [5.74, 6) is 1.16. The summed E-state index contributed by atoms with van der Waals surface area (Å²) in [4.78, 5) is 20.6. The molecule has 6 rings (SSSR count). The van der Waals surface area contributed by atoms with E-state index in [9.17, 15) is 15.2 Å². The molecule has 48 heavy (non-hydrogen) atoms. The molecule has 1 aromatic heterocycles. The van der Waals surface area contributed by atoms with Crippen LogP contribution in [-0.4, -0.2) is 35.0 Å². The number of aromatic nitrogens is 1. The summed E-state index contributed by atoms with van der Waals surface area (Å²) in [6.45, 7) is 3.50. The number of halogens is 1. The lowest BCUT2D eigenvalue weighted by atomic mass is 9.96. The predicted molar refractivity (Wildman–Crippen MR) is 183 cm³/mol. The van der Waals surface area contributed by atoms with Gasteiger partial charge in [0.15, 0.2) is 11.5 Å². The van der Waals surface area contributed by atoms with Crippen molar-refractivity contribution in [3.63, 3.8) is 0 Å². The number of rotatable bonds is 12. The minimum absolute atomic E-state index is 0.00995. The summed E-state index contributed by atoms with van der Waals surface area (Å²) in [5.41, 5.74) is 8.21. The summed E-state index contributed by atoms with van der Waals surface area (Å²) in [6.07, 6.45) is 0.0928. The van der Waals surface area contributed by atoms with E-state index in [1.807, 2.05) is 43.3 Å². The lowest BCUT2D eigenvalue weighted by Crippen LogP contribution is -2.16. The highest BCUT2D eigenvalue weighted by atomic mass is 35.5. The molecule has 0 fully saturated rings. The number of carboxylic acid groups (broad SMARTS) is 1. The zero-order valence-electron chi connectivity index (χ0n) is 25.9. The first-order valence-corrected chi connectivity index (χ1v) is 16.4. The molecule has 11 heteroatoms. The number of thiazole rings is 1. The molecule has 0 bridgehead atoms. The highest BCUT2D eigenvalue weighted by Crippen LogP contribution is 2.37. The Morgan fingerprint density at radius 3 is 2.60 bits per heavy atom. The van der Waals surface area contributed by atoms with E-state index in [1.165, 1.54) is 11.3 Å². The number of fused-ring (bicyclic) bond motifs is 1. The third kappa shape index (κ3) is 7.77. The van der Waals surface area contributed by atoms with E-state index in [-0.39, 0.29) is 31.9 Å². The van der Waals surface area contributed by atoms with Crippen LogP contribution in [-0.2, 0) is 31.0 Å². The van der Waals surface area contributed by atoms with Crippen LogP contribution >= 0.6 is 22.9 Å². The number of carbonyl (C=O) groups is 1. The predicted octanol–water partition coefficient (Wildman–Crippen LogP) is 7.84. The van der Waals surface area contributed by atoms with Crippen LogP contribution in [0.3, 0.4) is 0 Å². The van der Waals surface area contributed by atoms with Gasteiger partial charge in [-0.3, -0.25) is 4.99 Å². The van der Waals surface area contributed by atoms with E-state index in [0.29, 0.717) is 46.6 Å². The molecule has 0 saturated carbocycles. The molecule has 5 aromatic rings. The standard InChI is InChI=1S/C37H30ClN3O6S/c1-23-27(6-3-7-30(23)26-8-9-33-36(14-26)45-11-10-44-33)20-47-35-16-34(46-19-25-5-2-4-24(12-25)17-39)28(13-31(35)38)18-40-32(37(42)43)15-29-21-48-22-41-29/h2-9,12-14,16,21-22H,10-11,15,18-20H2,1H3,(H,42,43). The quantitative estimate of drug-likeness (QED) is 0.132. The normalized spacial score (nSPS) is 12.3. The molecule has 0 amide bonds. The molecule has 0 aliphatic carbocycles. The molecular weight excluding hydrogens is 650 g/mol. The van der Waals surface area contributed by atoms with E-state index in [0.717, 1.165) is 39.3 Å². The average molecular weight is 680 g/mol. The van der Waals surface area contributed by atoms with Crippen LogP contribution in [0.4, 0.5) is 0 Å². The van der Waals surface area contributed by atoms with Crippen molar-refractivity contribution >= 4 is 34.6 Å². The third-order valence-corrected chi connectivity index (χ3v) is 8.70. The number of aliphatic imine (C=N–C) groups is 1. The second kappa shape index (κ2) is 15.0. The van der Waals surface area contributed by atoms with Gasteiger partial charge in [0, 0.05) is 23.4 Å². The van der Waals surface area contributed by atoms with E-state index in [2.05, 4.69) is 22.1 Å². The lowest BCUT2D eigenvalue weighted by Gasteiger charge is -2.20. The summed E-state index contributed by atoms with van der Waals surface area (Å²) in [7, 11) is 0. The molecule has 1 N–H and O–H groups in total. The minimum Gasteiger partial charge on any atom is -0.488 e. The van der Waals surface area contributed by atoms with Gasteiger partial charge in [0.2, 0.25) is 0 Å². The van der Waals surface area contributed by atoms with Gasteiger partial charge in [-0.15, -0.1) is 11.3 Å². The van der Waals surface area contributed by atoms with E-state index in [1.54, 1.807) is 41.2 Å². The average Bonchev–Trinajstić information content (AvgIpc) is 3.62. The highest BCUT2D eigenvalue weighted by Gasteiger charge is 2.17. The van der Waals surface area contributed by atoms with Gasteiger partial charge in [-0.2, -0.15) is 5.26 Å². The number of carboxylic acids is 1. The fourth-order valence-electron chi connectivity index (χ4n) is 5.23. The maximum absolute atomic E-state index is 12.0. The molecule has 4 aromatic carbocycles. The summed E-state index contributed by atoms with van der Waals surface area (Å²) in [5, 5.41) is 21.2. The Balaban J connectivity index is 1.26. The molecule has 0 radical (unpaired) electrons. The van der Waals surface area contributed by atoms with E-state index < -0.39 is 5.97 Å². The van der Waals surface area contributed by atoms with Crippen LogP contribution in [0.2, 0.25) is 5.02 Å². The molecule has 0 spiro atoms. The number of ether oxygens (including phenoxy) is 4. The third-order valence-electron chi connectivity index (χ3n) is 7.77. The van der Waals surface area contributed by atoms with Gasteiger partial charge in [0.1, 0.15) is 43.6 Å². The van der Waals surface area contributed by atoms with Crippen molar-refractivity contribution < 1.29 is 28.8 Å². The maximum atomic E-state index is 12.0. The fraction of sp³-hybridized carbons (Fsp3) is 0.189. The van der Waals surface area contributed by atoms with Crippen LogP contribution in [0.25, 0.3) is 11.1 Å². The number of hydrogen-bond acceptors (Lipinski definition) is 9. The van der Waals surface area contributed by atoms with Gasteiger partial charge in [-0.25, -0.2) is 9.78 Å². The van der Waals surface area contributed by atoms with Crippen molar-refractivity contribution in [2.75, 3.05) is 13.2 Å². The first-order chi connectivity index (χ1) is 23.4. The first-order valence-electron chi connectivity index (χ1n) is 15.1. The lowest BCUT2D eigenvalue weighted by molar-refractivity contribution is -0.129. The monoisotopic (exact) mass is 679 g/mol. The fourth-order valence-corrected chi connectivity index (χ4v) is 6.03. The smallest absolute Gasteiger partial charge is 0.350 e. The molecule has 2 heterocycles. The van der Waals surface area contributed by atoms with Crippen molar-refractivity contribution in [3.05, 3.63) is 122 Å². The number of nitriles is 1. The second-order valence-corrected chi connectivity index (χ2v) is 12.1. The molecule has 0 unspecified atom stereocenters. The van der Waals surface area contributed by atoms with Crippen LogP contribution in [0.15, 0.2) is 88.7 Å². The zero-order valence-corrected chi connectivity index (χ0v) is 27.5. The van der Waals surface area contributed by atoms with E-state index in [4.69, 9.17) is 30.5 Å². The molecule has 1 aliphatic rings. The Bertz CT molecular complexity index is 2020.